The molecule has 1 aliphatic heterocycles. The highest BCUT2D eigenvalue weighted by molar-refractivity contribution is 9.10. The number of halogens is 1. The van der Waals surface area contributed by atoms with Crippen molar-refractivity contribution in [3.8, 4) is 6.07 Å². The second kappa shape index (κ2) is 7.79. The average Bonchev–Trinajstić information content (AvgIpc) is 2.64. The van der Waals surface area contributed by atoms with Crippen LogP contribution in [0, 0.1) is 18.3 Å². The molecule has 1 fully saturated rings. The van der Waals surface area contributed by atoms with Crippen LogP contribution in [0.5, 0.6) is 0 Å². The Balaban J connectivity index is 1.69. The third kappa shape index (κ3) is 3.83. The number of aryl methyl sites for hydroxylation is 1. The van der Waals surface area contributed by atoms with E-state index in [1.807, 2.05) is 30.3 Å². The van der Waals surface area contributed by atoms with Crippen LogP contribution in [0.1, 0.15) is 34.3 Å². The maximum absolute atomic E-state index is 11.4. The molecule has 6 heteroatoms. The number of nitrogens with one attached hydrogen (secondary N) is 1. The van der Waals surface area contributed by atoms with Gasteiger partial charge in [0.15, 0.2) is 0 Å². The van der Waals surface area contributed by atoms with Gasteiger partial charge in [-0.3, -0.25) is 0 Å². The summed E-state index contributed by atoms with van der Waals surface area (Å²) in [5.74, 6) is -0.916. The molecule has 1 saturated heterocycles. The zero-order chi connectivity index (χ0) is 18.7. The number of carbonyl (C=O) groups is 1. The molecule has 134 valence electrons. The lowest BCUT2D eigenvalue weighted by atomic mass is 10.0. The van der Waals surface area contributed by atoms with Gasteiger partial charge in [0.25, 0.3) is 0 Å². The van der Waals surface area contributed by atoms with Crippen molar-refractivity contribution in [2.24, 2.45) is 0 Å². The number of hydrogen-bond donors (Lipinski definition) is 2. The molecule has 2 aromatic rings. The highest BCUT2D eigenvalue weighted by Crippen LogP contribution is 2.30. The Morgan fingerprint density at radius 1 is 1.31 bits per heavy atom. The van der Waals surface area contributed by atoms with E-state index in [4.69, 9.17) is 0 Å². The maximum atomic E-state index is 11.4. The molecule has 26 heavy (non-hydrogen) atoms. The molecule has 1 aliphatic rings. The van der Waals surface area contributed by atoms with Crippen molar-refractivity contribution in [2.75, 3.05) is 23.3 Å². The van der Waals surface area contributed by atoms with E-state index >= 15 is 0 Å². The van der Waals surface area contributed by atoms with Gasteiger partial charge in [-0.1, -0.05) is 12.1 Å². The van der Waals surface area contributed by atoms with Gasteiger partial charge in [-0.15, -0.1) is 0 Å². The zero-order valence-corrected chi connectivity index (χ0v) is 16.1. The van der Waals surface area contributed by atoms with E-state index in [2.05, 4.69) is 32.2 Å². The van der Waals surface area contributed by atoms with Crippen LogP contribution in [0.15, 0.2) is 40.9 Å². The van der Waals surface area contributed by atoms with E-state index in [0.717, 1.165) is 47.3 Å². The van der Waals surface area contributed by atoms with E-state index in [0.29, 0.717) is 11.1 Å². The first kappa shape index (κ1) is 18.3. The Morgan fingerprint density at radius 2 is 2.00 bits per heavy atom. The number of benzene rings is 2. The van der Waals surface area contributed by atoms with Gasteiger partial charge in [-0.25, -0.2) is 4.79 Å². The van der Waals surface area contributed by atoms with Crippen molar-refractivity contribution >= 4 is 33.3 Å². The summed E-state index contributed by atoms with van der Waals surface area (Å²) >= 11 is 3.52. The third-order valence-electron chi connectivity index (χ3n) is 4.76. The molecule has 0 amide bonds. The van der Waals surface area contributed by atoms with E-state index in [-0.39, 0.29) is 6.04 Å². The number of piperidine rings is 1. The van der Waals surface area contributed by atoms with E-state index < -0.39 is 5.97 Å². The molecule has 0 bridgehead atoms. The Labute approximate surface area is 161 Å². The number of carboxylic acid groups (broad SMARTS) is 1. The normalized spacial score (nSPS) is 14.7. The minimum absolute atomic E-state index is 0.265. The van der Waals surface area contributed by atoms with Crippen LogP contribution < -0.4 is 10.2 Å². The second-order valence-corrected chi connectivity index (χ2v) is 7.34. The molecule has 0 unspecified atom stereocenters. The van der Waals surface area contributed by atoms with E-state index in [1.54, 1.807) is 13.0 Å². The maximum Gasteiger partial charge on any atom is 0.336 e. The summed E-state index contributed by atoms with van der Waals surface area (Å²) in [6.45, 7) is 3.50. The van der Waals surface area contributed by atoms with Crippen LogP contribution in [-0.4, -0.2) is 30.2 Å². The largest absolute Gasteiger partial charge is 0.478 e. The molecule has 5 nitrogen and oxygen atoms in total. The van der Waals surface area contributed by atoms with Crippen molar-refractivity contribution in [1.29, 1.82) is 5.26 Å². The molecule has 0 saturated carbocycles. The van der Waals surface area contributed by atoms with Crippen LogP contribution in [0.2, 0.25) is 0 Å². The number of aromatic carboxylic acids is 1. The Bertz CT molecular complexity index is 868. The number of para-hydroxylation sites is 1. The van der Waals surface area contributed by atoms with Gasteiger partial charge in [0.2, 0.25) is 0 Å². The summed E-state index contributed by atoms with van der Waals surface area (Å²) in [5, 5.41) is 22.1. The summed E-state index contributed by atoms with van der Waals surface area (Å²) in [5.41, 5.74) is 3.54. The van der Waals surface area contributed by atoms with Gasteiger partial charge in [0, 0.05) is 29.3 Å². The van der Waals surface area contributed by atoms with E-state index in [1.165, 1.54) is 0 Å². The van der Waals surface area contributed by atoms with Crippen LogP contribution in [0.25, 0.3) is 0 Å². The quantitative estimate of drug-likeness (QED) is 0.775. The highest BCUT2D eigenvalue weighted by Gasteiger charge is 2.22. The van der Waals surface area contributed by atoms with Gasteiger partial charge < -0.3 is 15.3 Å². The fraction of sp³-hybridized carbons (Fsp3) is 0.300. The Kier molecular flexibility index (Phi) is 5.48. The van der Waals surface area contributed by atoms with Crippen molar-refractivity contribution in [3.05, 3.63) is 57.6 Å². The summed E-state index contributed by atoms with van der Waals surface area (Å²) in [4.78, 5) is 13.6. The summed E-state index contributed by atoms with van der Waals surface area (Å²) in [6, 6.07) is 13.7. The smallest absolute Gasteiger partial charge is 0.336 e. The first-order valence-corrected chi connectivity index (χ1v) is 9.33. The lowest BCUT2D eigenvalue weighted by Crippen LogP contribution is -2.39. The predicted molar refractivity (Wildman–Crippen MR) is 106 cm³/mol. The molecule has 0 radical (unpaired) electrons. The van der Waals surface area contributed by atoms with Gasteiger partial charge >= 0.3 is 5.97 Å². The van der Waals surface area contributed by atoms with Crippen LogP contribution in [-0.2, 0) is 0 Å². The first-order chi connectivity index (χ1) is 12.5. The number of carboxylic acids is 1. The van der Waals surface area contributed by atoms with Gasteiger partial charge in [0.1, 0.15) is 6.07 Å². The number of nitriles is 1. The number of anilines is 2. The van der Waals surface area contributed by atoms with Gasteiger partial charge in [-0.05, 0) is 65.5 Å². The van der Waals surface area contributed by atoms with Crippen LogP contribution >= 0.6 is 15.9 Å². The van der Waals surface area contributed by atoms with Gasteiger partial charge in [-0.2, -0.15) is 5.26 Å². The summed E-state index contributed by atoms with van der Waals surface area (Å²) in [6.07, 6.45) is 1.84. The summed E-state index contributed by atoms with van der Waals surface area (Å²) < 4.78 is 0.872. The molecule has 0 atom stereocenters. The summed E-state index contributed by atoms with van der Waals surface area (Å²) in [7, 11) is 0. The fourth-order valence-corrected chi connectivity index (χ4v) is 3.91. The van der Waals surface area contributed by atoms with Crippen molar-refractivity contribution in [2.45, 2.75) is 25.8 Å². The first-order valence-electron chi connectivity index (χ1n) is 8.53. The Morgan fingerprint density at radius 3 is 2.65 bits per heavy atom. The lowest BCUT2D eigenvalue weighted by molar-refractivity contribution is 0.0696. The zero-order valence-electron chi connectivity index (χ0n) is 14.5. The predicted octanol–water partition coefficient (Wildman–Crippen LogP) is 4.41. The number of nitrogens with zero attached hydrogens (tertiary/aromatic N) is 2. The molecule has 0 spiro atoms. The van der Waals surface area contributed by atoms with Crippen molar-refractivity contribution in [1.82, 2.24) is 0 Å². The Hall–Kier alpha value is -2.52. The molecular formula is C20H20BrN3O2. The van der Waals surface area contributed by atoms with Crippen LogP contribution in [0.3, 0.4) is 0 Å². The van der Waals surface area contributed by atoms with E-state index in [9.17, 15) is 15.2 Å². The number of hydrogen-bond acceptors (Lipinski definition) is 4. The lowest BCUT2D eigenvalue weighted by Gasteiger charge is -2.35. The molecule has 2 N–H and O–H groups in total. The SMILES string of the molecule is Cc1cc(Br)c(NC2CCN(c3ccccc3C#N)CC2)cc1C(=O)O. The molecule has 2 aromatic carbocycles. The average molecular weight is 414 g/mol. The third-order valence-corrected chi connectivity index (χ3v) is 5.42. The standard InChI is InChI=1S/C20H20BrN3O2/c1-13-10-17(21)18(11-16(13)20(25)26)23-15-6-8-24(9-7-15)19-5-3-2-4-14(19)12-22/h2-5,10-11,15,23H,6-9H2,1H3,(H,25,26). The topological polar surface area (TPSA) is 76.4 Å². The van der Waals surface area contributed by atoms with Crippen molar-refractivity contribution < 1.29 is 9.90 Å². The molecule has 0 aliphatic carbocycles. The van der Waals surface area contributed by atoms with Crippen molar-refractivity contribution in [3.63, 3.8) is 0 Å². The van der Waals surface area contributed by atoms with Gasteiger partial charge in [0.05, 0.1) is 16.8 Å². The second-order valence-electron chi connectivity index (χ2n) is 6.49. The molecule has 3 rings (SSSR count). The number of rotatable bonds is 4. The highest BCUT2D eigenvalue weighted by atomic mass is 79.9. The molecular weight excluding hydrogens is 394 g/mol. The minimum Gasteiger partial charge on any atom is -0.478 e. The monoisotopic (exact) mass is 413 g/mol. The molecule has 0 aromatic heterocycles. The van der Waals surface area contributed by atoms with Crippen LogP contribution in [0.4, 0.5) is 11.4 Å². The molecule has 1 heterocycles. The minimum atomic E-state index is -0.916. The fourth-order valence-electron chi connectivity index (χ4n) is 3.34.